The van der Waals surface area contributed by atoms with E-state index in [4.69, 9.17) is 0 Å². The second-order valence-electron chi connectivity index (χ2n) is 5.33. The molecule has 1 heterocycles. The Kier molecular flexibility index (Phi) is 4.16. The second kappa shape index (κ2) is 5.98. The molecule has 0 amide bonds. The minimum atomic E-state index is -3.36. The molecule has 2 aromatic carbocycles. The zero-order chi connectivity index (χ0) is 16.6. The predicted octanol–water partition coefficient (Wildman–Crippen LogP) is 3.96. The van der Waals surface area contributed by atoms with Crippen molar-refractivity contribution in [1.29, 1.82) is 0 Å². The third kappa shape index (κ3) is 3.73. The largest absolute Gasteiger partial charge is 0.343 e. The Morgan fingerprint density at radius 3 is 2.52 bits per heavy atom. The minimum absolute atomic E-state index is 0.270. The Morgan fingerprint density at radius 2 is 1.87 bits per heavy atom. The highest BCUT2D eigenvalue weighted by atomic mass is 79.9. The summed E-state index contributed by atoms with van der Waals surface area (Å²) in [5, 5.41) is 0.806. The van der Waals surface area contributed by atoms with Gasteiger partial charge in [-0.15, -0.1) is 0 Å². The molecule has 120 valence electrons. The van der Waals surface area contributed by atoms with Crippen molar-refractivity contribution < 1.29 is 12.8 Å². The molecular weight excluding hydrogens is 383 g/mol. The molecule has 1 aromatic heterocycles. The molecule has 3 aromatic rings. The first-order chi connectivity index (χ1) is 10.8. The van der Waals surface area contributed by atoms with Gasteiger partial charge >= 0.3 is 0 Å². The van der Waals surface area contributed by atoms with Crippen LogP contribution < -0.4 is 4.72 Å². The van der Waals surface area contributed by atoms with Crippen LogP contribution >= 0.6 is 15.9 Å². The Morgan fingerprint density at radius 1 is 1.17 bits per heavy atom. The number of hydrogen-bond donors (Lipinski definition) is 1. The molecule has 0 aliphatic carbocycles. The number of nitrogens with zero attached hydrogens (tertiary/aromatic N) is 1. The van der Waals surface area contributed by atoms with Crippen LogP contribution in [0.1, 0.15) is 5.56 Å². The maximum absolute atomic E-state index is 13.0. The Balaban J connectivity index is 2.04. The summed E-state index contributed by atoms with van der Waals surface area (Å²) in [7, 11) is -3.36. The van der Waals surface area contributed by atoms with E-state index < -0.39 is 10.0 Å². The number of sulfonamides is 1. The van der Waals surface area contributed by atoms with Crippen LogP contribution in [0.15, 0.2) is 53.1 Å². The minimum Gasteiger partial charge on any atom is -0.343 e. The van der Waals surface area contributed by atoms with E-state index >= 15 is 0 Å². The van der Waals surface area contributed by atoms with Crippen molar-refractivity contribution in [2.45, 2.75) is 6.54 Å². The highest BCUT2D eigenvalue weighted by Gasteiger charge is 2.11. The lowest BCUT2D eigenvalue weighted by Crippen LogP contribution is -2.09. The van der Waals surface area contributed by atoms with Gasteiger partial charge in [0.2, 0.25) is 10.0 Å². The predicted molar refractivity (Wildman–Crippen MR) is 93.6 cm³/mol. The summed E-state index contributed by atoms with van der Waals surface area (Å²) < 4.78 is 41.3. The van der Waals surface area contributed by atoms with Gasteiger partial charge in [-0.05, 0) is 35.9 Å². The van der Waals surface area contributed by atoms with Gasteiger partial charge in [0.15, 0.2) is 0 Å². The third-order valence-electron chi connectivity index (χ3n) is 3.42. The maximum atomic E-state index is 13.0. The molecule has 1 N–H and O–H groups in total. The summed E-state index contributed by atoms with van der Waals surface area (Å²) in [5.41, 5.74) is 2.37. The molecule has 7 heteroatoms. The van der Waals surface area contributed by atoms with Gasteiger partial charge in [-0.2, -0.15) is 0 Å². The molecule has 0 aliphatic heterocycles. The Labute approximate surface area is 142 Å². The van der Waals surface area contributed by atoms with Crippen LogP contribution in [0, 0.1) is 5.82 Å². The van der Waals surface area contributed by atoms with Gasteiger partial charge < -0.3 is 4.57 Å². The van der Waals surface area contributed by atoms with Crippen molar-refractivity contribution in [3.63, 3.8) is 0 Å². The third-order valence-corrected chi connectivity index (χ3v) is 4.46. The monoisotopic (exact) mass is 396 g/mol. The van der Waals surface area contributed by atoms with E-state index in [1.54, 1.807) is 18.2 Å². The van der Waals surface area contributed by atoms with Gasteiger partial charge in [-0.3, -0.25) is 4.72 Å². The van der Waals surface area contributed by atoms with E-state index in [1.165, 1.54) is 12.1 Å². The van der Waals surface area contributed by atoms with Crippen LogP contribution in [-0.4, -0.2) is 19.2 Å². The van der Waals surface area contributed by atoms with Crippen molar-refractivity contribution >= 4 is 42.5 Å². The highest BCUT2D eigenvalue weighted by Crippen LogP contribution is 2.30. The van der Waals surface area contributed by atoms with Gasteiger partial charge in [-0.1, -0.05) is 28.1 Å². The standard InChI is InChI=1S/C16H14BrFN2O2S/c1-23(21,22)19-15-8-12(17)9-16-14(15)6-7-20(16)10-11-2-4-13(18)5-3-11/h2-9,19H,10H2,1H3. The van der Waals surface area contributed by atoms with E-state index in [1.807, 2.05) is 22.9 Å². The molecule has 0 atom stereocenters. The number of nitrogens with one attached hydrogen (secondary N) is 1. The van der Waals surface area contributed by atoms with E-state index in [0.29, 0.717) is 12.2 Å². The quantitative estimate of drug-likeness (QED) is 0.725. The fourth-order valence-electron chi connectivity index (χ4n) is 2.47. The van der Waals surface area contributed by atoms with E-state index in [2.05, 4.69) is 20.7 Å². The van der Waals surface area contributed by atoms with Crippen LogP contribution in [0.4, 0.5) is 10.1 Å². The number of halogens is 2. The number of rotatable bonds is 4. The zero-order valence-electron chi connectivity index (χ0n) is 12.3. The normalized spacial score (nSPS) is 11.8. The Bertz CT molecular complexity index is 966. The van der Waals surface area contributed by atoms with E-state index in [9.17, 15) is 12.8 Å². The lowest BCUT2D eigenvalue weighted by atomic mass is 10.2. The number of benzene rings is 2. The van der Waals surface area contributed by atoms with Gasteiger partial charge in [0.05, 0.1) is 17.5 Å². The number of aromatic nitrogens is 1. The van der Waals surface area contributed by atoms with Crippen LogP contribution in [0.3, 0.4) is 0 Å². The highest BCUT2D eigenvalue weighted by molar-refractivity contribution is 9.10. The summed E-state index contributed by atoms with van der Waals surface area (Å²) in [6.07, 6.45) is 3.00. The van der Waals surface area contributed by atoms with E-state index in [-0.39, 0.29) is 5.82 Å². The summed E-state index contributed by atoms with van der Waals surface area (Å²) >= 11 is 3.41. The molecule has 0 saturated heterocycles. The van der Waals surface area contributed by atoms with Gasteiger partial charge in [0, 0.05) is 22.6 Å². The van der Waals surface area contributed by atoms with Gasteiger partial charge in [0.1, 0.15) is 5.82 Å². The summed E-state index contributed by atoms with van der Waals surface area (Å²) in [6, 6.07) is 11.8. The molecule has 0 bridgehead atoms. The van der Waals surface area contributed by atoms with Crippen LogP contribution in [0.2, 0.25) is 0 Å². The van der Waals surface area contributed by atoms with Crippen molar-refractivity contribution in [1.82, 2.24) is 4.57 Å². The SMILES string of the molecule is CS(=O)(=O)Nc1cc(Br)cc2c1ccn2Cc1ccc(F)cc1. The van der Waals surface area contributed by atoms with Crippen LogP contribution in [-0.2, 0) is 16.6 Å². The number of hydrogen-bond acceptors (Lipinski definition) is 2. The van der Waals surface area contributed by atoms with Gasteiger partial charge in [-0.25, -0.2) is 12.8 Å². The van der Waals surface area contributed by atoms with E-state index in [0.717, 1.165) is 27.2 Å². The molecule has 0 unspecified atom stereocenters. The van der Waals surface area contributed by atoms with Crippen molar-refractivity contribution in [2.75, 3.05) is 11.0 Å². The first-order valence-corrected chi connectivity index (χ1v) is 9.51. The number of anilines is 1. The molecule has 0 saturated carbocycles. The fraction of sp³-hybridized carbons (Fsp3) is 0.125. The second-order valence-corrected chi connectivity index (χ2v) is 7.99. The Hall–Kier alpha value is -1.86. The average molecular weight is 397 g/mol. The topological polar surface area (TPSA) is 51.1 Å². The summed E-state index contributed by atoms with van der Waals surface area (Å²) in [4.78, 5) is 0. The van der Waals surface area contributed by atoms with Crippen molar-refractivity contribution in [3.05, 3.63) is 64.5 Å². The average Bonchev–Trinajstić information content (AvgIpc) is 2.83. The molecule has 0 aliphatic rings. The molecule has 0 spiro atoms. The molecule has 4 nitrogen and oxygen atoms in total. The first kappa shape index (κ1) is 16.0. The van der Waals surface area contributed by atoms with Crippen molar-refractivity contribution in [3.8, 4) is 0 Å². The molecule has 3 rings (SSSR count). The smallest absolute Gasteiger partial charge is 0.229 e. The lowest BCUT2D eigenvalue weighted by Gasteiger charge is -2.09. The summed E-state index contributed by atoms with van der Waals surface area (Å²) in [6.45, 7) is 0.568. The molecule has 23 heavy (non-hydrogen) atoms. The first-order valence-electron chi connectivity index (χ1n) is 6.82. The zero-order valence-corrected chi connectivity index (χ0v) is 14.7. The summed E-state index contributed by atoms with van der Waals surface area (Å²) in [5.74, 6) is -0.270. The fourth-order valence-corrected chi connectivity index (χ4v) is 3.48. The van der Waals surface area contributed by atoms with Crippen molar-refractivity contribution in [2.24, 2.45) is 0 Å². The number of fused-ring (bicyclic) bond motifs is 1. The maximum Gasteiger partial charge on any atom is 0.229 e. The molecule has 0 radical (unpaired) electrons. The molecular formula is C16H14BrFN2O2S. The van der Waals surface area contributed by atoms with Crippen LogP contribution in [0.5, 0.6) is 0 Å². The van der Waals surface area contributed by atoms with Crippen LogP contribution in [0.25, 0.3) is 10.9 Å². The van der Waals surface area contributed by atoms with Gasteiger partial charge in [0.25, 0.3) is 0 Å². The molecule has 0 fully saturated rings. The lowest BCUT2D eigenvalue weighted by molar-refractivity contribution is 0.607.